The lowest BCUT2D eigenvalue weighted by Crippen LogP contribution is -2.18. The topological polar surface area (TPSA) is 125 Å². The largest absolute Gasteiger partial charge is 0.506 e. The first-order valence-corrected chi connectivity index (χ1v) is 9.31. The van der Waals surface area contributed by atoms with Gasteiger partial charge in [-0.15, -0.1) is 0 Å². The van der Waals surface area contributed by atoms with Crippen LogP contribution in [0.4, 0.5) is 11.6 Å². The predicted octanol–water partition coefficient (Wildman–Crippen LogP) is 3.44. The number of nitrogens with zero attached hydrogens (tertiary/aromatic N) is 4. The number of hydrogen-bond acceptors (Lipinski definition) is 7. The number of imidazole rings is 1. The van der Waals surface area contributed by atoms with E-state index >= 15 is 0 Å². The molecule has 0 saturated heterocycles. The van der Waals surface area contributed by atoms with Gasteiger partial charge in [0.15, 0.2) is 0 Å². The first-order chi connectivity index (χ1) is 15.0. The molecule has 2 heterocycles. The number of pyridine rings is 1. The van der Waals surface area contributed by atoms with Gasteiger partial charge in [-0.1, -0.05) is 0 Å². The zero-order valence-corrected chi connectivity index (χ0v) is 16.7. The molecule has 2 aromatic carbocycles. The van der Waals surface area contributed by atoms with Crippen LogP contribution >= 0.6 is 0 Å². The van der Waals surface area contributed by atoms with E-state index in [-0.39, 0.29) is 17.4 Å². The van der Waals surface area contributed by atoms with Crippen molar-refractivity contribution in [3.8, 4) is 23.3 Å². The highest BCUT2D eigenvalue weighted by atomic mass is 16.5. The van der Waals surface area contributed by atoms with Gasteiger partial charge in [-0.25, -0.2) is 4.98 Å². The fourth-order valence-corrected chi connectivity index (χ4v) is 3.05. The number of phenols is 1. The summed E-state index contributed by atoms with van der Waals surface area (Å²) >= 11 is 0. The number of fused-ring (bicyclic) bond motifs is 1. The molecule has 0 unspecified atom stereocenters. The monoisotopic (exact) mass is 414 g/mol. The minimum atomic E-state index is -0.299. The van der Waals surface area contributed by atoms with Crippen molar-refractivity contribution in [2.24, 2.45) is 7.05 Å². The van der Waals surface area contributed by atoms with Crippen molar-refractivity contribution in [1.82, 2.24) is 19.9 Å². The Morgan fingerprint density at radius 2 is 1.97 bits per heavy atom. The number of ether oxygens (including phenoxy) is 1. The molecule has 0 spiro atoms. The second-order valence-corrected chi connectivity index (χ2v) is 6.67. The van der Waals surface area contributed by atoms with Gasteiger partial charge in [-0.2, -0.15) is 5.26 Å². The predicted molar refractivity (Wildman–Crippen MR) is 115 cm³/mol. The van der Waals surface area contributed by atoms with E-state index in [9.17, 15) is 9.90 Å². The molecule has 3 N–H and O–H groups in total. The molecular formula is C22H18N6O3. The van der Waals surface area contributed by atoms with E-state index in [1.54, 1.807) is 36.4 Å². The van der Waals surface area contributed by atoms with Crippen LogP contribution in [0, 0.1) is 11.3 Å². The quantitative estimate of drug-likeness (QED) is 0.427. The molecule has 0 bridgehead atoms. The molecule has 9 nitrogen and oxygen atoms in total. The van der Waals surface area contributed by atoms with Gasteiger partial charge in [0.2, 0.25) is 5.95 Å². The number of carbonyl (C=O) groups excluding carboxylic acids is 1. The lowest BCUT2D eigenvalue weighted by Gasteiger charge is -2.08. The number of phenolic OH excluding ortho intramolecular Hbond substituents is 1. The Kier molecular flexibility index (Phi) is 5.12. The number of nitriles is 1. The van der Waals surface area contributed by atoms with Crippen LogP contribution < -0.4 is 15.4 Å². The van der Waals surface area contributed by atoms with Crippen molar-refractivity contribution >= 4 is 28.6 Å². The van der Waals surface area contributed by atoms with E-state index in [1.807, 2.05) is 23.8 Å². The second-order valence-electron chi connectivity index (χ2n) is 6.67. The van der Waals surface area contributed by atoms with Crippen LogP contribution in [0.2, 0.25) is 0 Å². The average molecular weight is 414 g/mol. The minimum Gasteiger partial charge on any atom is -0.506 e. The third-order valence-corrected chi connectivity index (χ3v) is 4.65. The van der Waals surface area contributed by atoms with Crippen LogP contribution in [-0.2, 0) is 7.05 Å². The molecule has 0 aliphatic rings. The van der Waals surface area contributed by atoms with E-state index in [0.29, 0.717) is 34.2 Å². The van der Waals surface area contributed by atoms with Gasteiger partial charge in [-0.05, 0) is 36.4 Å². The van der Waals surface area contributed by atoms with Crippen LogP contribution in [0.1, 0.15) is 16.1 Å². The Morgan fingerprint density at radius 1 is 1.16 bits per heavy atom. The highest BCUT2D eigenvalue weighted by molar-refractivity contribution is 5.92. The number of nitrogens with one attached hydrogen (secondary N) is 2. The molecule has 31 heavy (non-hydrogen) atoms. The minimum absolute atomic E-state index is 0.0419. The zero-order valence-electron chi connectivity index (χ0n) is 16.7. The molecule has 0 saturated carbocycles. The van der Waals surface area contributed by atoms with Crippen molar-refractivity contribution in [3.63, 3.8) is 0 Å². The molecule has 1 amide bonds. The third-order valence-electron chi connectivity index (χ3n) is 4.65. The Balaban J connectivity index is 1.61. The molecule has 154 valence electrons. The maximum atomic E-state index is 11.8. The number of rotatable bonds is 5. The van der Waals surface area contributed by atoms with E-state index in [1.165, 1.54) is 19.3 Å². The molecule has 9 heteroatoms. The van der Waals surface area contributed by atoms with Crippen molar-refractivity contribution < 1.29 is 14.6 Å². The van der Waals surface area contributed by atoms with Gasteiger partial charge in [0, 0.05) is 32.4 Å². The van der Waals surface area contributed by atoms with Crippen molar-refractivity contribution in [2.45, 2.75) is 0 Å². The maximum absolute atomic E-state index is 11.8. The highest BCUT2D eigenvalue weighted by Crippen LogP contribution is 2.31. The second kappa shape index (κ2) is 8.04. The first kappa shape index (κ1) is 19.7. The van der Waals surface area contributed by atoms with Gasteiger partial charge in [0.1, 0.15) is 22.9 Å². The SMILES string of the molecule is CNC(=O)c1cc(Oc2ccc3c(c2)nc(Nc2ccc(C#N)cc2O)n3C)ccn1. The molecule has 4 aromatic rings. The Bertz CT molecular complexity index is 1340. The molecule has 4 rings (SSSR count). The number of carbonyl (C=O) groups is 1. The number of benzene rings is 2. The van der Waals surface area contributed by atoms with E-state index in [0.717, 1.165) is 5.52 Å². The van der Waals surface area contributed by atoms with E-state index < -0.39 is 0 Å². The number of anilines is 2. The lowest BCUT2D eigenvalue weighted by molar-refractivity contribution is 0.0958. The first-order valence-electron chi connectivity index (χ1n) is 9.31. The molecule has 0 fully saturated rings. The summed E-state index contributed by atoms with van der Waals surface area (Å²) in [5.41, 5.74) is 2.59. The molecule has 0 aliphatic carbocycles. The van der Waals surface area contributed by atoms with Crippen molar-refractivity contribution in [3.05, 3.63) is 66.0 Å². The summed E-state index contributed by atoms with van der Waals surface area (Å²) in [4.78, 5) is 20.4. The summed E-state index contributed by atoms with van der Waals surface area (Å²) in [5.74, 6) is 1.20. The standard InChI is InChI=1S/C22H18N6O3/c1-24-21(30)18-11-15(7-8-25-18)31-14-4-6-19-17(10-14)27-22(28(19)2)26-16-5-3-13(12-23)9-20(16)29/h3-11,29H,1-2H3,(H,24,30)(H,26,27). The van der Waals surface area contributed by atoms with E-state index in [2.05, 4.69) is 20.6 Å². The van der Waals surface area contributed by atoms with Crippen molar-refractivity contribution in [1.29, 1.82) is 5.26 Å². The Morgan fingerprint density at radius 3 is 2.71 bits per heavy atom. The van der Waals surface area contributed by atoms with Crippen LogP contribution in [-0.4, -0.2) is 32.6 Å². The number of hydrogen-bond donors (Lipinski definition) is 3. The number of amides is 1. The van der Waals surface area contributed by atoms with Gasteiger partial charge >= 0.3 is 0 Å². The smallest absolute Gasteiger partial charge is 0.269 e. The van der Waals surface area contributed by atoms with Crippen molar-refractivity contribution in [2.75, 3.05) is 12.4 Å². The normalized spacial score (nSPS) is 10.5. The fraction of sp³-hybridized carbons (Fsp3) is 0.0909. The summed E-state index contributed by atoms with van der Waals surface area (Å²) in [6, 6.07) is 15.3. The Hall–Kier alpha value is -4.58. The van der Waals surface area contributed by atoms with Gasteiger partial charge in [-0.3, -0.25) is 9.78 Å². The molecule has 2 aromatic heterocycles. The average Bonchev–Trinajstić information content (AvgIpc) is 3.09. The van der Waals surface area contributed by atoms with Crippen LogP contribution in [0.15, 0.2) is 54.7 Å². The third kappa shape index (κ3) is 3.95. The zero-order chi connectivity index (χ0) is 22.0. The maximum Gasteiger partial charge on any atom is 0.269 e. The summed E-state index contributed by atoms with van der Waals surface area (Å²) in [7, 11) is 3.38. The fourth-order valence-electron chi connectivity index (χ4n) is 3.05. The molecule has 0 aliphatic heterocycles. The summed E-state index contributed by atoms with van der Waals surface area (Å²) in [5, 5.41) is 24.7. The van der Waals surface area contributed by atoms with Gasteiger partial charge in [0.05, 0.1) is 28.4 Å². The van der Waals surface area contributed by atoms with Crippen LogP contribution in [0.3, 0.4) is 0 Å². The summed E-state index contributed by atoms with van der Waals surface area (Å²) in [6.45, 7) is 0. The van der Waals surface area contributed by atoms with Gasteiger partial charge in [0.25, 0.3) is 5.91 Å². The molecule has 0 atom stereocenters. The van der Waals surface area contributed by atoms with E-state index in [4.69, 9.17) is 10.00 Å². The number of aromatic hydroxyl groups is 1. The number of aromatic nitrogens is 3. The number of aryl methyl sites for hydroxylation is 1. The van der Waals surface area contributed by atoms with Crippen LogP contribution in [0.25, 0.3) is 11.0 Å². The highest BCUT2D eigenvalue weighted by Gasteiger charge is 2.12. The van der Waals surface area contributed by atoms with Gasteiger partial charge < -0.3 is 25.0 Å². The molecular weight excluding hydrogens is 396 g/mol. The molecule has 0 radical (unpaired) electrons. The summed E-state index contributed by atoms with van der Waals surface area (Å²) < 4.78 is 7.71. The Labute approximate surface area is 177 Å². The summed E-state index contributed by atoms with van der Waals surface area (Å²) in [6.07, 6.45) is 1.51. The lowest BCUT2D eigenvalue weighted by atomic mass is 10.2. The van der Waals surface area contributed by atoms with Crippen LogP contribution in [0.5, 0.6) is 17.2 Å².